The van der Waals surface area contributed by atoms with Crippen molar-refractivity contribution >= 4 is 22.3 Å². The Hall–Kier alpha value is -2.76. The van der Waals surface area contributed by atoms with Crippen molar-refractivity contribution in [1.29, 1.82) is 0 Å². The molecule has 0 unspecified atom stereocenters. The average molecular weight is 304 g/mol. The molecule has 1 N–H and O–H groups in total. The monoisotopic (exact) mass is 304 g/mol. The van der Waals surface area contributed by atoms with Crippen molar-refractivity contribution in [3.8, 4) is 5.75 Å². The van der Waals surface area contributed by atoms with Gasteiger partial charge in [-0.25, -0.2) is 0 Å². The van der Waals surface area contributed by atoms with Crippen LogP contribution in [0.4, 0.5) is 24.5 Å². The van der Waals surface area contributed by atoms with Crippen LogP contribution in [0.3, 0.4) is 0 Å². The molecule has 0 atom stereocenters. The fraction of sp³-hybridized carbons (Fsp3) is 0.0625. The number of nitrogens with one attached hydrogen (secondary N) is 1. The summed E-state index contributed by atoms with van der Waals surface area (Å²) in [6.07, 6.45) is -3.14. The van der Waals surface area contributed by atoms with E-state index in [4.69, 9.17) is 0 Å². The largest absolute Gasteiger partial charge is 0.573 e. The predicted molar refractivity (Wildman–Crippen MR) is 78.2 cm³/mol. The molecule has 3 rings (SSSR count). The number of fused-ring (bicyclic) bond motifs is 1. The molecule has 6 heteroatoms. The smallest absolute Gasteiger partial charge is 0.404 e. The van der Waals surface area contributed by atoms with Crippen molar-refractivity contribution < 1.29 is 17.9 Å². The number of pyridine rings is 1. The van der Waals surface area contributed by atoms with Crippen molar-refractivity contribution in [2.45, 2.75) is 6.36 Å². The van der Waals surface area contributed by atoms with E-state index in [9.17, 15) is 13.2 Å². The summed E-state index contributed by atoms with van der Waals surface area (Å²) in [5, 5.41) is 3.78. The van der Waals surface area contributed by atoms with Gasteiger partial charge in [0.25, 0.3) is 0 Å². The van der Waals surface area contributed by atoms with Crippen LogP contribution < -0.4 is 10.1 Å². The van der Waals surface area contributed by atoms with Crippen LogP contribution in [-0.4, -0.2) is 11.3 Å². The lowest BCUT2D eigenvalue weighted by Crippen LogP contribution is -2.17. The van der Waals surface area contributed by atoms with Gasteiger partial charge in [-0.2, -0.15) is 0 Å². The maximum absolute atomic E-state index is 12.5. The SMILES string of the molecule is FC(F)(F)Oc1ccccc1Nc1ccnc2ccccc12. The van der Waals surface area contributed by atoms with Gasteiger partial charge in [0.15, 0.2) is 5.75 Å². The number of anilines is 2. The highest BCUT2D eigenvalue weighted by Crippen LogP contribution is 2.33. The summed E-state index contributed by atoms with van der Waals surface area (Å²) in [5.41, 5.74) is 1.64. The molecule has 0 aliphatic carbocycles. The van der Waals surface area contributed by atoms with Crippen LogP contribution in [0.25, 0.3) is 10.9 Å². The summed E-state index contributed by atoms with van der Waals surface area (Å²) in [5.74, 6) is -0.282. The number of rotatable bonds is 3. The quantitative estimate of drug-likeness (QED) is 0.749. The molecule has 0 saturated heterocycles. The van der Waals surface area contributed by atoms with Crippen molar-refractivity contribution in [2.75, 3.05) is 5.32 Å². The summed E-state index contributed by atoms with van der Waals surface area (Å²) in [4.78, 5) is 4.21. The minimum absolute atomic E-state index is 0.233. The van der Waals surface area contributed by atoms with Gasteiger partial charge in [-0.3, -0.25) is 4.98 Å². The highest BCUT2D eigenvalue weighted by atomic mass is 19.4. The molecule has 3 nitrogen and oxygen atoms in total. The molecule has 1 aromatic heterocycles. The van der Waals surface area contributed by atoms with E-state index in [0.29, 0.717) is 5.69 Å². The van der Waals surface area contributed by atoms with Crippen molar-refractivity contribution in [3.05, 3.63) is 60.8 Å². The zero-order valence-electron chi connectivity index (χ0n) is 11.3. The van der Waals surface area contributed by atoms with Gasteiger partial charge in [-0.15, -0.1) is 13.2 Å². The number of para-hydroxylation sites is 3. The number of nitrogens with zero attached hydrogens (tertiary/aromatic N) is 1. The van der Waals surface area contributed by atoms with Gasteiger partial charge < -0.3 is 10.1 Å². The van der Waals surface area contributed by atoms with E-state index < -0.39 is 6.36 Å². The molecule has 0 aliphatic heterocycles. The van der Waals surface area contributed by atoms with Crippen LogP contribution in [0.2, 0.25) is 0 Å². The number of hydrogen-bond acceptors (Lipinski definition) is 3. The van der Waals surface area contributed by atoms with E-state index in [-0.39, 0.29) is 11.4 Å². The van der Waals surface area contributed by atoms with Crippen molar-refractivity contribution in [2.24, 2.45) is 0 Å². The first-order valence-electron chi connectivity index (χ1n) is 6.48. The zero-order valence-corrected chi connectivity index (χ0v) is 11.3. The third kappa shape index (κ3) is 3.11. The van der Waals surface area contributed by atoms with Gasteiger partial charge in [0.1, 0.15) is 0 Å². The Labute approximate surface area is 124 Å². The lowest BCUT2D eigenvalue weighted by Gasteiger charge is -2.15. The zero-order chi connectivity index (χ0) is 15.6. The van der Waals surface area contributed by atoms with Gasteiger partial charge in [0.2, 0.25) is 0 Å². The number of alkyl halides is 3. The standard InChI is InChI=1S/C16H11F3N2O/c17-16(18,19)22-15-8-4-3-7-14(15)21-13-9-10-20-12-6-2-1-5-11(12)13/h1-10H,(H,20,21). The Bertz CT molecular complexity index is 797. The van der Waals surface area contributed by atoms with Crippen molar-refractivity contribution in [3.63, 3.8) is 0 Å². The molecule has 0 amide bonds. The summed E-state index contributed by atoms with van der Waals surface area (Å²) >= 11 is 0. The summed E-state index contributed by atoms with van der Waals surface area (Å²) in [6.45, 7) is 0. The molecule has 0 bridgehead atoms. The van der Waals surface area contributed by atoms with E-state index in [2.05, 4.69) is 15.0 Å². The maximum Gasteiger partial charge on any atom is 0.573 e. The fourth-order valence-corrected chi connectivity index (χ4v) is 2.13. The predicted octanol–water partition coefficient (Wildman–Crippen LogP) is 4.88. The third-order valence-electron chi connectivity index (χ3n) is 3.03. The van der Waals surface area contributed by atoms with Gasteiger partial charge >= 0.3 is 6.36 Å². The first-order chi connectivity index (χ1) is 10.5. The highest BCUT2D eigenvalue weighted by Gasteiger charge is 2.32. The topological polar surface area (TPSA) is 34.1 Å². The Morgan fingerprint density at radius 3 is 2.41 bits per heavy atom. The minimum atomic E-state index is -4.74. The Morgan fingerprint density at radius 1 is 0.864 bits per heavy atom. The molecule has 0 fully saturated rings. The lowest BCUT2D eigenvalue weighted by molar-refractivity contribution is -0.274. The normalized spacial score (nSPS) is 11.4. The van der Waals surface area contributed by atoms with Gasteiger partial charge in [0, 0.05) is 17.3 Å². The first-order valence-corrected chi connectivity index (χ1v) is 6.48. The summed E-state index contributed by atoms with van der Waals surface area (Å²) in [6, 6.07) is 15.0. The number of aromatic nitrogens is 1. The van der Waals surface area contributed by atoms with Crippen LogP contribution >= 0.6 is 0 Å². The molecule has 0 spiro atoms. The number of halogens is 3. The summed E-state index contributed by atoms with van der Waals surface area (Å²) in [7, 11) is 0. The molecule has 22 heavy (non-hydrogen) atoms. The molecule has 0 radical (unpaired) electrons. The van der Waals surface area contributed by atoms with Gasteiger partial charge in [-0.05, 0) is 24.3 Å². The molecule has 112 valence electrons. The molecule has 1 heterocycles. The van der Waals surface area contributed by atoms with E-state index in [1.807, 2.05) is 24.3 Å². The highest BCUT2D eigenvalue weighted by molar-refractivity contribution is 5.93. The fourth-order valence-electron chi connectivity index (χ4n) is 2.13. The van der Waals surface area contributed by atoms with E-state index >= 15 is 0 Å². The molecule has 0 saturated carbocycles. The lowest BCUT2D eigenvalue weighted by atomic mass is 10.2. The van der Waals surface area contributed by atoms with Crippen LogP contribution in [0, 0.1) is 0 Å². The van der Waals surface area contributed by atoms with Crippen LogP contribution in [0.15, 0.2) is 60.8 Å². The van der Waals surface area contributed by atoms with Crippen LogP contribution in [0.5, 0.6) is 5.75 Å². The van der Waals surface area contributed by atoms with Crippen LogP contribution in [0.1, 0.15) is 0 Å². The molecular weight excluding hydrogens is 293 g/mol. The Kier molecular flexibility index (Phi) is 3.58. The summed E-state index contributed by atoms with van der Waals surface area (Å²) < 4.78 is 41.4. The molecular formula is C16H11F3N2O. The third-order valence-corrected chi connectivity index (χ3v) is 3.03. The molecule has 0 aliphatic rings. The van der Waals surface area contributed by atoms with E-state index in [1.165, 1.54) is 18.2 Å². The molecule has 2 aromatic carbocycles. The number of hydrogen-bond donors (Lipinski definition) is 1. The average Bonchev–Trinajstić information content (AvgIpc) is 2.48. The van der Waals surface area contributed by atoms with Gasteiger partial charge in [0.05, 0.1) is 11.2 Å². The first kappa shape index (κ1) is 14.2. The minimum Gasteiger partial charge on any atom is -0.404 e. The number of ether oxygens (including phenoxy) is 1. The second kappa shape index (κ2) is 5.55. The van der Waals surface area contributed by atoms with E-state index in [0.717, 1.165) is 10.9 Å². The Morgan fingerprint density at radius 2 is 1.59 bits per heavy atom. The van der Waals surface area contributed by atoms with Crippen LogP contribution in [-0.2, 0) is 0 Å². The van der Waals surface area contributed by atoms with Gasteiger partial charge in [-0.1, -0.05) is 30.3 Å². The number of benzene rings is 2. The second-order valence-corrected chi connectivity index (χ2v) is 4.54. The maximum atomic E-state index is 12.5. The van der Waals surface area contributed by atoms with E-state index in [1.54, 1.807) is 18.3 Å². The molecule has 3 aromatic rings. The van der Waals surface area contributed by atoms with Crippen molar-refractivity contribution in [1.82, 2.24) is 4.98 Å². The Balaban J connectivity index is 1.99. The second-order valence-electron chi connectivity index (χ2n) is 4.54.